The first-order valence-electron chi connectivity index (χ1n) is 9.69. The quantitative estimate of drug-likeness (QED) is 0.685. The van der Waals surface area contributed by atoms with Gasteiger partial charge in [0.05, 0.1) is 17.4 Å². The fourth-order valence-electron chi connectivity index (χ4n) is 3.87. The van der Waals surface area contributed by atoms with E-state index in [2.05, 4.69) is 5.10 Å². The molecule has 0 spiro atoms. The summed E-state index contributed by atoms with van der Waals surface area (Å²) in [6.07, 6.45) is 2.68. The second kappa shape index (κ2) is 6.88. The Morgan fingerprint density at radius 3 is 2.55 bits per heavy atom. The minimum Gasteiger partial charge on any atom is -0.341 e. The predicted molar refractivity (Wildman–Crippen MR) is 107 cm³/mol. The molecule has 0 aliphatic carbocycles. The fourth-order valence-corrected chi connectivity index (χ4v) is 3.87. The van der Waals surface area contributed by atoms with Gasteiger partial charge in [0.15, 0.2) is 0 Å². The highest BCUT2D eigenvalue weighted by Crippen LogP contribution is 2.31. The molecule has 1 aromatic heterocycles. The van der Waals surface area contributed by atoms with Gasteiger partial charge in [-0.05, 0) is 30.7 Å². The van der Waals surface area contributed by atoms with Crippen LogP contribution in [-0.4, -0.2) is 64.2 Å². The van der Waals surface area contributed by atoms with Crippen molar-refractivity contribution in [2.24, 2.45) is 0 Å². The topological polar surface area (TPSA) is 61.7 Å². The van der Waals surface area contributed by atoms with E-state index >= 15 is 0 Å². The van der Waals surface area contributed by atoms with Crippen molar-refractivity contribution in [3.8, 4) is 5.69 Å². The Morgan fingerprint density at radius 2 is 1.79 bits per heavy atom. The first-order chi connectivity index (χ1) is 14.1. The zero-order valence-electron chi connectivity index (χ0n) is 15.8. The molecule has 2 aliphatic heterocycles. The van der Waals surface area contributed by atoms with E-state index in [9.17, 15) is 14.0 Å². The van der Waals surface area contributed by atoms with E-state index in [-0.39, 0.29) is 24.3 Å². The number of benzene rings is 2. The van der Waals surface area contributed by atoms with Gasteiger partial charge in [-0.3, -0.25) is 9.69 Å². The van der Waals surface area contributed by atoms with Crippen molar-refractivity contribution >= 4 is 28.5 Å². The van der Waals surface area contributed by atoms with Crippen LogP contribution in [0.5, 0.6) is 0 Å². The zero-order valence-corrected chi connectivity index (χ0v) is 15.8. The summed E-state index contributed by atoms with van der Waals surface area (Å²) in [7, 11) is 0. The lowest BCUT2D eigenvalue weighted by molar-refractivity contribution is -0.135. The number of likely N-dealkylation sites (tertiary alicyclic amines) is 1. The van der Waals surface area contributed by atoms with E-state index in [0.717, 1.165) is 30.4 Å². The smallest absolute Gasteiger partial charge is 0.325 e. The van der Waals surface area contributed by atoms with E-state index in [0.29, 0.717) is 24.5 Å². The molecule has 148 valence electrons. The number of halogens is 1. The Balaban J connectivity index is 1.44. The fraction of sp³-hybridized carbons (Fsp3) is 0.286. The van der Waals surface area contributed by atoms with Crippen LogP contribution in [0.25, 0.3) is 16.6 Å². The third kappa shape index (κ3) is 2.91. The SMILES string of the molecule is O=C(CN1CCN(c2cccc3c2cnn3-c2ccccc2F)C1=O)N1CCC1. The maximum Gasteiger partial charge on any atom is 0.325 e. The van der Waals surface area contributed by atoms with Crippen LogP contribution >= 0.6 is 0 Å². The largest absolute Gasteiger partial charge is 0.341 e. The third-order valence-electron chi connectivity index (χ3n) is 5.59. The number of hydrogen-bond donors (Lipinski definition) is 0. The van der Waals surface area contributed by atoms with Gasteiger partial charge < -0.3 is 9.80 Å². The maximum absolute atomic E-state index is 14.2. The summed E-state index contributed by atoms with van der Waals surface area (Å²) < 4.78 is 15.8. The molecule has 7 nitrogen and oxygen atoms in total. The molecule has 2 aliphatic rings. The number of nitrogens with zero attached hydrogens (tertiary/aromatic N) is 5. The van der Waals surface area contributed by atoms with E-state index < -0.39 is 0 Å². The number of hydrogen-bond acceptors (Lipinski definition) is 3. The van der Waals surface area contributed by atoms with E-state index in [1.807, 2.05) is 18.2 Å². The van der Waals surface area contributed by atoms with Crippen LogP contribution in [-0.2, 0) is 4.79 Å². The average Bonchev–Trinajstić information content (AvgIpc) is 3.25. The second-order valence-electron chi connectivity index (χ2n) is 7.31. The lowest BCUT2D eigenvalue weighted by atomic mass is 10.2. The minimum absolute atomic E-state index is 0.00275. The summed E-state index contributed by atoms with van der Waals surface area (Å²) in [5, 5.41) is 5.12. The molecule has 0 N–H and O–H groups in total. The molecule has 0 radical (unpaired) electrons. The Hall–Kier alpha value is -3.42. The van der Waals surface area contributed by atoms with Gasteiger partial charge in [-0.25, -0.2) is 13.9 Å². The molecule has 3 amide bonds. The molecule has 0 unspecified atom stereocenters. The van der Waals surface area contributed by atoms with Gasteiger partial charge in [0.1, 0.15) is 18.0 Å². The van der Waals surface area contributed by atoms with Crippen LogP contribution in [0.1, 0.15) is 6.42 Å². The van der Waals surface area contributed by atoms with Crippen molar-refractivity contribution in [2.75, 3.05) is 37.6 Å². The average molecular weight is 393 g/mol. The van der Waals surface area contributed by atoms with Crippen LogP contribution in [0.3, 0.4) is 0 Å². The van der Waals surface area contributed by atoms with Gasteiger partial charge >= 0.3 is 6.03 Å². The van der Waals surface area contributed by atoms with Gasteiger partial charge in [0.2, 0.25) is 5.91 Å². The Bertz CT molecular complexity index is 1110. The van der Waals surface area contributed by atoms with Crippen molar-refractivity contribution < 1.29 is 14.0 Å². The molecule has 0 atom stereocenters. The van der Waals surface area contributed by atoms with Gasteiger partial charge in [-0.2, -0.15) is 5.10 Å². The number of carbonyl (C=O) groups excluding carboxylic acids is 2. The molecule has 3 aromatic rings. The van der Waals surface area contributed by atoms with E-state index in [1.165, 1.54) is 6.07 Å². The zero-order chi connectivity index (χ0) is 20.0. The van der Waals surface area contributed by atoms with Gasteiger partial charge in [-0.1, -0.05) is 18.2 Å². The predicted octanol–water partition coefficient (Wildman–Crippen LogP) is 2.64. The van der Waals surface area contributed by atoms with Crippen LogP contribution in [0.4, 0.5) is 14.9 Å². The van der Waals surface area contributed by atoms with Crippen LogP contribution < -0.4 is 4.90 Å². The van der Waals surface area contributed by atoms with Crippen LogP contribution in [0.2, 0.25) is 0 Å². The molecule has 2 fully saturated rings. The highest BCUT2D eigenvalue weighted by Gasteiger charge is 2.33. The summed E-state index contributed by atoms with van der Waals surface area (Å²) in [6.45, 7) is 2.66. The molecule has 5 rings (SSSR count). The number of amides is 3. The van der Waals surface area contributed by atoms with Crippen molar-refractivity contribution in [1.29, 1.82) is 0 Å². The van der Waals surface area contributed by atoms with Crippen molar-refractivity contribution in [1.82, 2.24) is 19.6 Å². The number of fused-ring (bicyclic) bond motifs is 1. The summed E-state index contributed by atoms with van der Waals surface area (Å²) in [4.78, 5) is 30.2. The Labute approximate surface area is 166 Å². The maximum atomic E-state index is 14.2. The summed E-state index contributed by atoms with van der Waals surface area (Å²) in [6, 6.07) is 11.8. The monoisotopic (exact) mass is 393 g/mol. The molecule has 2 aromatic carbocycles. The van der Waals surface area contributed by atoms with E-state index in [4.69, 9.17) is 0 Å². The molecule has 29 heavy (non-hydrogen) atoms. The molecular weight excluding hydrogens is 373 g/mol. The number of aromatic nitrogens is 2. The number of para-hydroxylation sites is 1. The summed E-state index contributed by atoms with van der Waals surface area (Å²) in [5.74, 6) is -0.368. The number of rotatable bonds is 4. The third-order valence-corrected chi connectivity index (χ3v) is 5.59. The minimum atomic E-state index is -0.365. The molecule has 0 bridgehead atoms. The lowest BCUT2D eigenvalue weighted by Crippen LogP contribution is -2.48. The normalized spacial score (nSPS) is 16.6. The first kappa shape index (κ1) is 17.7. The van der Waals surface area contributed by atoms with Crippen molar-refractivity contribution in [3.05, 3.63) is 54.5 Å². The first-order valence-corrected chi connectivity index (χ1v) is 9.69. The molecule has 8 heteroatoms. The lowest BCUT2D eigenvalue weighted by Gasteiger charge is -2.32. The number of carbonyl (C=O) groups is 2. The van der Waals surface area contributed by atoms with Crippen molar-refractivity contribution in [3.63, 3.8) is 0 Å². The van der Waals surface area contributed by atoms with Crippen LogP contribution in [0.15, 0.2) is 48.7 Å². The van der Waals surface area contributed by atoms with Gasteiger partial charge in [0.25, 0.3) is 0 Å². The molecule has 0 saturated carbocycles. The standard InChI is InChI=1S/C21H20FN5O2/c22-16-5-1-2-6-19(16)27-18-8-3-7-17(15(18)13-23-27)26-12-11-25(21(26)29)14-20(28)24-9-4-10-24/h1-3,5-8,13H,4,9-12,14H2. The molecule has 3 heterocycles. The Morgan fingerprint density at radius 1 is 1.00 bits per heavy atom. The Kier molecular flexibility index (Phi) is 4.19. The number of anilines is 1. The van der Waals surface area contributed by atoms with Crippen LogP contribution in [0, 0.1) is 5.82 Å². The number of urea groups is 1. The highest BCUT2D eigenvalue weighted by molar-refractivity contribution is 6.04. The molecular formula is C21H20FN5O2. The molecule has 2 saturated heterocycles. The highest BCUT2D eigenvalue weighted by atomic mass is 19.1. The van der Waals surface area contributed by atoms with Crippen molar-refractivity contribution in [2.45, 2.75) is 6.42 Å². The second-order valence-corrected chi connectivity index (χ2v) is 7.31. The van der Waals surface area contributed by atoms with E-state index in [1.54, 1.807) is 43.8 Å². The summed E-state index contributed by atoms with van der Waals surface area (Å²) >= 11 is 0. The van der Waals surface area contributed by atoms with Gasteiger partial charge in [-0.15, -0.1) is 0 Å². The van der Waals surface area contributed by atoms with Gasteiger partial charge in [0, 0.05) is 31.6 Å². The summed E-state index contributed by atoms with van der Waals surface area (Å²) in [5.41, 5.74) is 1.79.